The Bertz CT molecular complexity index is 591. The molecule has 0 saturated heterocycles. The summed E-state index contributed by atoms with van der Waals surface area (Å²) in [6.07, 6.45) is 1.83. The normalized spacial score (nSPS) is 22.2. The van der Waals surface area contributed by atoms with Crippen LogP contribution in [0.15, 0.2) is 29.2 Å². The van der Waals surface area contributed by atoms with E-state index in [1.54, 1.807) is 24.3 Å². The van der Waals surface area contributed by atoms with Gasteiger partial charge in [0.25, 0.3) is 0 Å². The molecule has 0 heterocycles. The fourth-order valence-electron chi connectivity index (χ4n) is 2.16. The summed E-state index contributed by atoms with van der Waals surface area (Å²) < 4.78 is 26.9. The number of hydrogen-bond acceptors (Lipinski definition) is 3. The van der Waals surface area contributed by atoms with Crippen molar-refractivity contribution < 1.29 is 8.42 Å². The third-order valence-electron chi connectivity index (χ3n) is 3.19. The molecule has 1 aliphatic carbocycles. The van der Waals surface area contributed by atoms with Crippen molar-refractivity contribution >= 4 is 10.0 Å². The minimum Gasteiger partial charge on any atom is -0.320 e. The number of benzene rings is 1. The summed E-state index contributed by atoms with van der Waals surface area (Å²) in [6, 6.07) is 6.62. The van der Waals surface area contributed by atoms with E-state index < -0.39 is 10.0 Å². The van der Waals surface area contributed by atoms with Crippen molar-refractivity contribution in [2.24, 2.45) is 11.7 Å². The van der Waals surface area contributed by atoms with Crippen LogP contribution in [-0.4, -0.2) is 21.0 Å². The van der Waals surface area contributed by atoms with Crippen molar-refractivity contribution in [2.45, 2.75) is 30.7 Å². The highest BCUT2D eigenvalue weighted by Gasteiger charge is 2.29. The first kappa shape index (κ1) is 14.1. The first-order chi connectivity index (χ1) is 9.01. The average Bonchev–Trinajstić information content (AvgIpc) is 2.35. The second-order valence-corrected chi connectivity index (χ2v) is 6.64. The molecule has 0 unspecified atom stereocenters. The van der Waals surface area contributed by atoms with E-state index in [2.05, 4.69) is 23.5 Å². The highest BCUT2D eigenvalue weighted by molar-refractivity contribution is 7.89. The predicted octanol–water partition coefficient (Wildman–Crippen LogP) is 1.07. The number of nitrogens with two attached hydrogens (primary N) is 1. The highest BCUT2D eigenvalue weighted by atomic mass is 32.2. The van der Waals surface area contributed by atoms with Crippen LogP contribution >= 0.6 is 0 Å². The molecule has 0 radical (unpaired) electrons. The molecule has 102 valence electrons. The van der Waals surface area contributed by atoms with Gasteiger partial charge in [-0.3, -0.25) is 0 Å². The summed E-state index contributed by atoms with van der Waals surface area (Å²) in [7, 11) is -3.40. The van der Waals surface area contributed by atoms with Gasteiger partial charge in [0.15, 0.2) is 0 Å². The van der Waals surface area contributed by atoms with Crippen molar-refractivity contribution in [1.82, 2.24) is 4.72 Å². The molecule has 0 aliphatic heterocycles. The molecule has 1 aromatic rings. The van der Waals surface area contributed by atoms with Crippen LogP contribution in [-0.2, 0) is 10.0 Å². The van der Waals surface area contributed by atoms with Crippen molar-refractivity contribution in [3.8, 4) is 11.8 Å². The van der Waals surface area contributed by atoms with Gasteiger partial charge in [0.05, 0.1) is 11.4 Å². The lowest BCUT2D eigenvalue weighted by Gasteiger charge is -2.32. The monoisotopic (exact) mass is 278 g/mol. The molecule has 0 spiro atoms. The van der Waals surface area contributed by atoms with E-state index in [1.807, 2.05) is 0 Å². The Labute approximate surface area is 114 Å². The Morgan fingerprint density at radius 2 is 1.95 bits per heavy atom. The maximum Gasteiger partial charge on any atom is 0.240 e. The van der Waals surface area contributed by atoms with Crippen LogP contribution in [0.4, 0.5) is 0 Å². The molecule has 1 saturated carbocycles. The number of nitrogens with one attached hydrogen (secondary N) is 1. The third-order valence-corrected chi connectivity index (χ3v) is 4.73. The molecule has 0 bridgehead atoms. The van der Waals surface area contributed by atoms with Gasteiger partial charge in [0.2, 0.25) is 10.0 Å². The van der Waals surface area contributed by atoms with Crippen molar-refractivity contribution in [3.05, 3.63) is 29.8 Å². The van der Waals surface area contributed by atoms with Crippen molar-refractivity contribution in [2.75, 3.05) is 6.54 Å². The summed E-state index contributed by atoms with van der Waals surface area (Å²) in [6.45, 7) is 2.41. The summed E-state index contributed by atoms with van der Waals surface area (Å²) in [4.78, 5) is 0.283. The van der Waals surface area contributed by atoms with Crippen LogP contribution < -0.4 is 10.5 Å². The summed E-state index contributed by atoms with van der Waals surface area (Å²) >= 11 is 0. The highest BCUT2D eigenvalue weighted by Crippen LogP contribution is 2.27. The molecule has 2 rings (SSSR count). The van der Waals surface area contributed by atoms with Gasteiger partial charge >= 0.3 is 0 Å². The van der Waals surface area contributed by atoms with Gasteiger partial charge in [-0.2, -0.15) is 0 Å². The zero-order chi connectivity index (χ0) is 13.9. The lowest BCUT2D eigenvalue weighted by Crippen LogP contribution is -2.43. The predicted molar refractivity (Wildman–Crippen MR) is 74.9 cm³/mol. The van der Waals surface area contributed by atoms with Crippen LogP contribution in [0.3, 0.4) is 0 Å². The van der Waals surface area contributed by atoms with E-state index in [0.717, 1.165) is 18.4 Å². The second kappa shape index (κ2) is 5.74. The Hall–Kier alpha value is -1.35. The molecule has 0 amide bonds. The zero-order valence-corrected chi connectivity index (χ0v) is 11.7. The van der Waals surface area contributed by atoms with Gasteiger partial charge in [0.1, 0.15) is 0 Å². The van der Waals surface area contributed by atoms with Crippen molar-refractivity contribution in [1.29, 1.82) is 0 Å². The van der Waals surface area contributed by atoms with Crippen LogP contribution in [0, 0.1) is 17.8 Å². The lowest BCUT2D eigenvalue weighted by molar-refractivity contribution is 0.270. The van der Waals surface area contributed by atoms with Gasteiger partial charge in [-0.15, -0.1) is 0 Å². The number of sulfonamides is 1. The van der Waals surface area contributed by atoms with Gasteiger partial charge in [0, 0.05) is 11.6 Å². The Morgan fingerprint density at radius 3 is 2.47 bits per heavy atom. The van der Waals surface area contributed by atoms with E-state index in [0.29, 0.717) is 12.5 Å². The quantitative estimate of drug-likeness (QED) is 0.813. The van der Waals surface area contributed by atoms with E-state index in [9.17, 15) is 8.42 Å². The average molecular weight is 278 g/mol. The molecule has 1 aromatic carbocycles. The molecule has 4 nitrogen and oxygen atoms in total. The molecule has 1 fully saturated rings. The van der Waals surface area contributed by atoms with E-state index >= 15 is 0 Å². The molecule has 0 aromatic heterocycles. The molecular formula is C14H18N2O2S. The third kappa shape index (κ3) is 3.57. The number of rotatable bonds is 3. The second-order valence-electron chi connectivity index (χ2n) is 4.93. The summed E-state index contributed by atoms with van der Waals surface area (Å²) in [5.74, 6) is 6.21. The van der Waals surface area contributed by atoms with E-state index in [1.165, 1.54) is 0 Å². The maximum absolute atomic E-state index is 12.1. The number of hydrogen-bond donors (Lipinski definition) is 2. The van der Waals surface area contributed by atoms with Crippen LogP contribution in [0.25, 0.3) is 0 Å². The smallest absolute Gasteiger partial charge is 0.240 e. The Balaban J connectivity index is 2.08. The molecule has 5 heteroatoms. The van der Waals surface area contributed by atoms with E-state index in [-0.39, 0.29) is 10.9 Å². The molecule has 1 aliphatic rings. The van der Waals surface area contributed by atoms with Gasteiger partial charge in [-0.1, -0.05) is 18.8 Å². The van der Waals surface area contributed by atoms with Crippen molar-refractivity contribution in [3.63, 3.8) is 0 Å². The lowest BCUT2D eigenvalue weighted by atomic mass is 9.83. The first-order valence-corrected chi connectivity index (χ1v) is 7.81. The molecular weight excluding hydrogens is 260 g/mol. The van der Waals surface area contributed by atoms with Crippen LogP contribution in [0.1, 0.15) is 25.3 Å². The van der Waals surface area contributed by atoms with Gasteiger partial charge in [-0.05, 0) is 43.0 Å². The zero-order valence-electron chi connectivity index (χ0n) is 10.9. The topological polar surface area (TPSA) is 72.2 Å². The largest absolute Gasteiger partial charge is 0.320 e. The van der Waals surface area contributed by atoms with Crippen LogP contribution in [0.2, 0.25) is 0 Å². The van der Waals surface area contributed by atoms with E-state index in [4.69, 9.17) is 5.73 Å². The van der Waals surface area contributed by atoms with Crippen LogP contribution in [0.5, 0.6) is 0 Å². The standard InChI is InChI=1S/C14H18N2O2S/c1-11-9-13(10-11)16-19(17,18)14-6-4-12(5-7-14)3-2-8-15/h4-7,11,13,16H,8-10,15H2,1H3. The maximum atomic E-state index is 12.1. The minimum absolute atomic E-state index is 0.0803. The Kier molecular flexibility index (Phi) is 4.25. The van der Waals surface area contributed by atoms with Gasteiger partial charge < -0.3 is 5.73 Å². The fourth-order valence-corrected chi connectivity index (χ4v) is 3.42. The first-order valence-electron chi connectivity index (χ1n) is 6.32. The summed E-state index contributed by atoms with van der Waals surface area (Å²) in [5.41, 5.74) is 6.05. The fraction of sp³-hybridized carbons (Fsp3) is 0.429. The molecule has 0 atom stereocenters. The molecule has 3 N–H and O–H groups in total. The SMILES string of the molecule is CC1CC(NS(=O)(=O)c2ccc(C#CCN)cc2)C1. The molecule has 19 heavy (non-hydrogen) atoms. The minimum atomic E-state index is -3.40. The Morgan fingerprint density at radius 1 is 1.32 bits per heavy atom. The summed E-state index contributed by atoms with van der Waals surface area (Å²) in [5, 5.41) is 0. The van der Waals surface area contributed by atoms with Gasteiger partial charge in [-0.25, -0.2) is 13.1 Å².